The summed E-state index contributed by atoms with van der Waals surface area (Å²) in [5.74, 6) is 0.705. The van der Waals surface area contributed by atoms with E-state index in [-0.39, 0.29) is 11.4 Å². The average Bonchev–Trinajstić information content (AvgIpc) is 3.38. The molecule has 1 atom stereocenters. The Kier molecular flexibility index (Phi) is 6.57. The molecule has 2 saturated heterocycles. The number of benzene rings is 1. The number of nitrogens with zero attached hydrogens (tertiary/aromatic N) is 2. The molecule has 6 heteroatoms. The van der Waals surface area contributed by atoms with E-state index in [9.17, 15) is 9.59 Å². The van der Waals surface area contributed by atoms with Crippen LogP contribution in [0, 0.1) is 18.3 Å². The summed E-state index contributed by atoms with van der Waals surface area (Å²) in [4.78, 5) is 29.6. The molecule has 0 bridgehead atoms. The Morgan fingerprint density at radius 2 is 1.83 bits per heavy atom. The molecular weight excluding hydrogens is 398 g/mol. The van der Waals surface area contributed by atoms with Crippen LogP contribution in [0.4, 0.5) is 10.5 Å². The van der Waals surface area contributed by atoms with Gasteiger partial charge in [0, 0.05) is 32.6 Å². The molecule has 1 unspecified atom stereocenters. The molecule has 4 rings (SSSR count). The zero-order chi connectivity index (χ0) is 21.1. The Morgan fingerprint density at radius 3 is 2.53 bits per heavy atom. The number of urea groups is 1. The van der Waals surface area contributed by atoms with Crippen LogP contribution in [0.15, 0.2) is 18.2 Å². The number of likely N-dealkylation sites (tertiary alicyclic amines) is 2. The topological polar surface area (TPSA) is 52.7 Å². The fraction of sp³-hybridized carbons (Fsp3) is 0.667. The van der Waals surface area contributed by atoms with Crippen LogP contribution in [0.3, 0.4) is 0 Å². The third kappa shape index (κ3) is 4.61. The highest BCUT2D eigenvalue weighted by molar-refractivity contribution is 6.33. The van der Waals surface area contributed by atoms with Crippen molar-refractivity contribution in [2.45, 2.75) is 64.7 Å². The lowest BCUT2D eigenvalue weighted by molar-refractivity contribution is -0.130. The van der Waals surface area contributed by atoms with Gasteiger partial charge >= 0.3 is 6.03 Å². The van der Waals surface area contributed by atoms with Crippen LogP contribution >= 0.6 is 11.6 Å². The number of carbonyl (C=O) groups is 2. The van der Waals surface area contributed by atoms with Crippen molar-refractivity contribution in [3.63, 3.8) is 0 Å². The SMILES string of the molecule is Cc1ccc(NC(=O)N2CC(CCC(=O)N3CCCC3)C3(CCCCC3)C2)c(Cl)c1. The maximum absolute atomic E-state index is 13.1. The van der Waals surface area contributed by atoms with Crippen molar-refractivity contribution in [2.24, 2.45) is 11.3 Å². The van der Waals surface area contributed by atoms with Crippen molar-refractivity contribution in [1.82, 2.24) is 9.80 Å². The lowest BCUT2D eigenvalue weighted by Crippen LogP contribution is -2.36. The summed E-state index contributed by atoms with van der Waals surface area (Å²) < 4.78 is 0. The van der Waals surface area contributed by atoms with Gasteiger partial charge in [-0.2, -0.15) is 0 Å². The van der Waals surface area contributed by atoms with E-state index < -0.39 is 0 Å². The minimum atomic E-state index is -0.0703. The third-order valence-electron chi connectivity index (χ3n) is 7.48. The molecule has 1 N–H and O–H groups in total. The molecule has 0 radical (unpaired) electrons. The van der Waals surface area contributed by atoms with E-state index in [2.05, 4.69) is 5.32 Å². The number of amides is 3. The van der Waals surface area contributed by atoms with Gasteiger partial charge in [-0.1, -0.05) is 36.9 Å². The van der Waals surface area contributed by atoms with E-state index >= 15 is 0 Å². The summed E-state index contributed by atoms with van der Waals surface area (Å²) in [6.45, 7) is 5.35. The first-order chi connectivity index (χ1) is 14.5. The van der Waals surface area contributed by atoms with Gasteiger partial charge in [-0.05, 0) is 68.1 Å². The summed E-state index contributed by atoms with van der Waals surface area (Å²) in [5, 5.41) is 3.58. The fourth-order valence-corrected chi connectivity index (χ4v) is 6.03. The smallest absolute Gasteiger partial charge is 0.321 e. The molecule has 2 aliphatic heterocycles. The van der Waals surface area contributed by atoms with E-state index in [1.165, 1.54) is 32.1 Å². The second-order valence-electron chi connectivity index (χ2n) is 9.54. The predicted molar refractivity (Wildman–Crippen MR) is 121 cm³/mol. The lowest BCUT2D eigenvalue weighted by atomic mass is 9.66. The molecule has 1 saturated carbocycles. The average molecular weight is 432 g/mol. The molecule has 3 fully saturated rings. The van der Waals surface area contributed by atoms with Gasteiger partial charge < -0.3 is 15.1 Å². The van der Waals surface area contributed by atoms with Crippen molar-refractivity contribution < 1.29 is 9.59 Å². The predicted octanol–water partition coefficient (Wildman–Crippen LogP) is 5.47. The van der Waals surface area contributed by atoms with Gasteiger partial charge in [0.05, 0.1) is 10.7 Å². The van der Waals surface area contributed by atoms with Crippen LogP contribution in [0.1, 0.15) is 63.4 Å². The Bertz CT molecular complexity index is 785. The Hall–Kier alpha value is -1.75. The summed E-state index contributed by atoms with van der Waals surface area (Å²) in [6.07, 6.45) is 9.87. The molecule has 1 aromatic carbocycles. The Labute approximate surface area is 185 Å². The van der Waals surface area contributed by atoms with Crippen LogP contribution in [0.2, 0.25) is 5.02 Å². The fourth-order valence-electron chi connectivity index (χ4n) is 5.75. The lowest BCUT2D eigenvalue weighted by Gasteiger charge is -2.38. The van der Waals surface area contributed by atoms with Gasteiger partial charge in [-0.25, -0.2) is 4.79 Å². The zero-order valence-electron chi connectivity index (χ0n) is 18.1. The van der Waals surface area contributed by atoms with Crippen molar-refractivity contribution in [1.29, 1.82) is 0 Å². The number of halogens is 1. The van der Waals surface area contributed by atoms with Crippen LogP contribution < -0.4 is 5.32 Å². The zero-order valence-corrected chi connectivity index (χ0v) is 18.8. The van der Waals surface area contributed by atoms with Gasteiger partial charge in [0.2, 0.25) is 5.91 Å². The molecule has 1 aromatic rings. The van der Waals surface area contributed by atoms with Crippen molar-refractivity contribution in [3.05, 3.63) is 28.8 Å². The van der Waals surface area contributed by atoms with Crippen LogP contribution in [0.5, 0.6) is 0 Å². The second-order valence-corrected chi connectivity index (χ2v) is 9.95. The number of anilines is 1. The number of aryl methyl sites for hydroxylation is 1. The molecule has 3 amide bonds. The molecule has 1 aliphatic carbocycles. The first-order valence-corrected chi connectivity index (χ1v) is 11.9. The molecule has 0 aromatic heterocycles. The minimum absolute atomic E-state index is 0.0703. The molecule has 3 aliphatic rings. The Morgan fingerprint density at radius 1 is 1.10 bits per heavy atom. The van der Waals surface area contributed by atoms with Crippen LogP contribution in [-0.2, 0) is 4.79 Å². The largest absolute Gasteiger partial charge is 0.343 e. The van der Waals surface area contributed by atoms with Gasteiger partial charge in [0.1, 0.15) is 0 Å². The van der Waals surface area contributed by atoms with E-state index in [1.54, 1.807) is 0 Å². The van der Waals surface area contributed by atoms with E-state index in [0.717, 1.165) is 51.0 Å². The van der Waals surface area contributed by atoms with Gasteiger partial charge in [-0.15, -0.1) is 0 Å². The summed E-state index contributed by atoms with van der Waals surface area (Å²) in [5.41, 5.74) is 1.92. The first kappa shape index (κ1) is 21.5. The summed E-state index contributed by atoms with van der Waals surface area (Å²) in [6, 6.07) is 5.63. The van der Waals surface area contributed by atoms with Gasteiger partial charge in [0.15, 0.2) is 0 Å². The van der Waals surface area contributed by atoms with Gasteiger partial charge in [-0.3, -0.25) is 4.79 Å². The maximum Gasteiger partial charge on any atom is 0.321 e. The van der Waals surface area contributed by atoms with E-state index in [0.29, 0.717) is 29.0 Å². The molecule has 164 valence electrons. The van der Waals surface area contributed by atoms with Gasteiger partial charge in [0.25, 0.3) is 0 Å². The quantitative estimate of drug-likeness (QED) is 0.687. The molecule has 1 spiro atoms. The highest BCUT2D eigenvalue weighted by atomic mass is 35.5. The number of nitrogens with one attached hydrogen (secondary N) is 1. The number of hydrogen-bond acceptors (Lipinski definition) is 2. The monoisotopic (exact) mass is 431 g/mol. The third-order valence-corrected chi connectivity index (χ3v) is 7.79. The van der Waals surface area contributed by atoms with Crippen molar-refractivity contribution in [2.75, 3.05) is 31.5 Å². The standard InChI is InChI=1S/C24H34ClN3O2/c1-18-7-9-21(20(25)15-18)26-23(30)28-16-19(24(17-28)11-3-2-4-12-24)8-10-22(29)27-13-5-6-14-27/h7,9,15,19H,2-6,8,10-14,16-17H2,1H3,(H,26,30). The number of hydrogen-bond donors (Lipinski definition) is 1. The summed E-state index contributed by atoms with van der Waals surface area (Å²) in [7, 11) is 0. The highest BCUT2D eigenvalue weighted by Crippen LogP contribution is 2.49. The first-order valence-electron chi connectivity index (χ1n) is 11.6. The molecule has 30 heavy (non-hydrogen) atoms. The Balaban J connectivity index is 1.42. The molecule has 2 heterocycles. The van der Waals surface area contributed by atoms with E-state index in [4.69, 9.17) is 11.6 Å². The minimum Gasteiger partial charge on any atom is -0.343 e. The summed E-state index contributed by atoms with van der Waals surface area (Å²) >= 11 is 6.32. The van der Waals surface area contributed by atoms with E-state index in [1.807, 2.05) is 34.9 Å². The normalized spacial score (nSPS) is 23.2. The second kappa shape index (κ2) is 9.17. The number of carbonyl (C=O) groups excluding carboxylic acids is 2. The van der Waals surface area contributed by atoms with Crippen molar-refractivity contribution >= 4 is 29.2 Å². The van der Waals surface area contributed by atoms with Crippen molar-refractivity contribution in [3.8, 4) is 0 Å². The van der Waals surface area contributed by atoms with Crippen LogP contribution in [0.25, 0.3) is 0 Å². The highest BCUT2D eigenvalue weighted by Gasteiger charge is 2.48. The number of rotatable bonds is 4. The molecule has 5 nitrogen and oxygen atoms in total. The molecular formula is C24H34ClN3O2. The van der Waals surface area contributed by atoms with Crippen LogP contribution in [-0.4, -0.2) is 47.9 Å². The maximum atomic E-state index is 13.1.